The van der Waals surface area contributed by atoms with E-state index in [-0.39, 0.29) is 37.6 Å². The van der Waals surface area contributed by atoms with Crippen LogP contribution in [0.15, 0.2) is 34.1 Å². The lowest BCUT2D eigenvalue weighted by Gasteiger charge is -2.45. The van der Waals surface area contributed by atoms with Crippen LogP contribution in [0, 0.1) is 17.1 Å². The van der Waals surface area contributed by atoms with Gasteiger partial charge in [-0.05, 0) is 92.0 Å². The number of amides is 1. The van der Waals surface area contributed by atoms with Crippen molar-refractivity contribution in [2.45, 2.75) is 91.5 Å². The first kappa shape index (κ1) is 34.9. The molecule has 1 saturated heterocycles. The van der Waals surface area contributed by atoms with Crippen LogP contribution in [-0.2, 0) is 30.3 Å². The Hall–Kier alpha value is -3.33. The van der Waals surface area contributed by atoms with E-state index < -0.39 is 40.6 Å². The van der Waals surface area contributed by atoms with Gasteiger partial charge in [0, 0.05) is 24.1 Å². The van der Waals surface area contributed by atoms with E-state index in [0.29, 0.717) is 29.4 Å². The van der Waals surface area contributed by atoms with Crippen LogP contribution in [0.5, 0.6) is 0 Å². The van der Waals surface area contributed by atoms with Crippen molar-refractivity contribution < 1.29 is 33.0 Å². The van der Waals surface area contributed by atoms with Gasteiger partial charge in [-0.25, -0.2) is 14.0 Å². The second kappa shape index (κ2) is 14.2. The summed E-state index contributed by atoms with van der Waals surface area (Å²) in [5.74, 6) is -1.85. The fourth-order valence-corrected chi connectivity index (χ4v) is 4.91. The lowest BCUT2D eigenvalue weighted by atomic mass is 9.91. The van der Waals surface area contributed by atoms with E-state index in [1.165, 1.54) is 17.0 Å². The summed E-state index contributed by atoms with van der Waals surface area (Å²) in [6, 6.07) is 6.13. The number of benzene rings is 1. The Morgan fingerprint density at radius 3 is 2.38 bits per heavy atom. The summed E-state index contributed by atoms with van der Waals surface area (Å²) in [5.41, 5.74) is -2.28. The standard InChI is InChI=1S/C30H42BrFN4O6/c1-9-40-24(37)18-36(17-20-15-21(32)11-12-23(20)31)25(22(16-33)26(38)41-28(2,3)4)35-14-10-13-30(8,19-35)34-27(39)42-29(5,6)7/h11-12,15H,9-10,13-14,17-19H2,1-8H3,(H,34,39)/b25-22+/t30-/m1/s1. The molecule has 1 heterocycles. The molecule has 1 atom stereocenters. The predicted octanol–water partition coefficient (Wildman–Crippen LogP) is 5.41. The largest absolute Gasteiger partial charge is 0.465 e. The van der Waals surface area contributed by atoms with Gasteiger partial charge in [0.05, 0.1) is 12.1 Å². The fraction of sp³-hybridized carbons (Fsp3) is 0.600. The van der Waals surface area contributed by atoms with Crippen LogP contribution in [-0.4, -0.2) is 70.8 Å². The van der Waals surface area contributed by atoms with Crippen molar-refractivity contribution in [2.24, 2.45) is 0 Å². The maximum absolute atomic E-state index is 14.3. The summed E-state index contributed by atoms with van der Waals surface area (Å²) >= 11 is 3.44. The van der Waals surface area contributed by atoms with Gasteiger partial charge in [0.1, 0.15) is 35.5 Å². The average molecular weight is 654 g/mol. The second-order valence-electron chi connectivity index (χ2n) is 12.4. The highest BCUT2D eigenvalue weighted by Gasteiger charge is 2.39. The molecule has 2 rings (SSSR count). The second-order valence-corrected chi connectivity index (χ2v) is 13.3. The van der Waals surface area contributed by atoms with Gasteiger partial charge in [0.15, 0.2) is 5.57 Å². The predicted molar refractivity (Wildman–Crippen MR) is 158 cm³/mol. The Morgan fingerprint density at radius 1 is 1.17 bits per heavy atom. The number of ether oxygens (including phenoxy) is 3. The van der Waals surface area contributed by atoms with Crippen LogP contribution in [0.3, 0.4) is 0 Å². The smallest absolute Gasteiger partial charge is 0.408 e. The Kier molecular flexibility index (Phi) is 11.8. The molecular weight excluding hydrogens is 611 g/mol. The molecule has 0 saturated carbocycles. The molecule has 0 aromatic heterocycles. The van der Waals surface area contributed by atoms with Crippen molar-refractivity contribution in [1.82, 2.24) is 15.1 Å². The third kappa shape index (κ3) is 10.8. The van der Waals surface area contributed by atoms with Crippen molar-refractivity contribution in [3.05, 3.63) is 45.4 Å². The molecule has 0 bridgehead atoms. The molecular formula is C30H42BrFN4O6. The number of nitrogens with zero attached hydrogens (tertiary/aromatic N) is 3. The van der Waals surface area contributed by atoms with Gasteiger partial charge in [-0.1, -0.05) is 15.9 Å². The van der Waals surface area contributed by atoms with E-state index in [2.05, 4.69) is 21.2 Å². The number of rotatable bonds is 9. The van der Waals surface area contributed by atoms with Crippen LogP contribution in [0.2, 0.25) is 0 Å². The molecule has 0 unspecified atom stereocenters. The third-order valence-electron chi connectivity index (χ3n) is 6.03. The lowest BCUT2D eigenvalue weighted by molar-refractivity contribution is -0.150. The molecule has 42 heavy (non-hydrogen) atoms. The summed E-state index contributed by atoms with van der Waals surface area (Å²) in [6.07, 6.45) is 0.578. The van der Waals surface area contributed by atoms with Gasteiger partial charge >= 0.3 is 18.0 Å². The number of carbonyl (C=O) groups excluding carboxylic acids is 3. The summed E-state index contributed by atoms with van der Waals surface area (Å²) in [7, 11) is 0. The molecule has 1 fully saturated rings. The number of halogens is 2. The Morgan fingerprint density at radius 2 is 1.81 bits per heavy atom. The Labute approximate surface area is 256 Å². The zero-order valence-electron chi connectivity index (χ0n) is 25.7. The molecule has 0 spiro atoms. The number of nitriles is 1. The van der Waals surface area contributed by atoms with E-state index in [0.717, 1.165) is 0 Å². The number of hydrogen-bond acceptors (Lipinski definition) is 9. The van der Waals surface area contributed by atoms with E-state index in [1.807, 2.05) is 13.0 Å². The number of likely N-dealkylation sites (tertiary alicyclic amines) is 1. The van der Waals surface area contributed by atoms with Crippen molar-refractivity contribution in [3.8, 4) is 6.07 Å². The van der Waals surface area contributed by atoms with Crippen LogP contribution in [0.1, 0.15) is 73.8 Å². The number of hydrogen-bond donors (Lipinski definition) is 1. The summed E-state index contributed by atoms with van der Waals surface area (Å²) < 4.78 is 31.1. The lowest BCUT2D eigenvalue weighted by Crippen LogP contribution is -2.58. The molecule has 0 aliphatic carbocycles. The maximum Gasteiger partial charge on any atom is 0.408 e. The molecule has 1 aromatic rings. The number of esters is 2. The van der Waals surface area contributed by atoms with Gasteiger partial charge in [-0.2, -0.15) is 5.26 Å². The number of piperidine rings is 1. The van der Waals surface area contributed by atoms with Crippen molar-refractivity contribution >= 4 is 34.0 Å². The molecule has 12 heteroatoms. The number of alkyl carbamates (subject to hydrolysis) is 1. The number of carbonyl (C=O) groups is 3. The van der Waals surface area contributed by atoms with Crippen LogP contribution in [0.25, 0.3) is 0 Å². The molecule has 1 aliphatic rings. The minimum Gasteiger partial charge on any atom is -0.465 e. The highest BCUT2D eigenvalue weighted by molar-refractivity contribution is 9.10. The summed E-state index contributed by atoms with van der Waals surface area (Å²) in [4.78, 5) is 42.3. The zero-order valence-corrected chi connectivity index (χ0v) is 27.3. The quantitative estimate of drug-likeness (QED) is 0.161. The highest BCUT2D eigenvalue weighted by Crippen LogP contribution is 2.30. The zero-order chi connectivity index (χ0) is 31.9. The first-order valence-corrected chi connectivity index (χ1v) is 14.6. The van der Waals surface area contributed by atoms with E-state index in [9.17, 15) is 24.0 Å². The van der Waals surface area contributed by atoms with Gasteiger partial charge in [0.25, 0.3) is 0 Å². The van der Waals surface area contributed by atoms with Gasteiger partial charge in [-0.3, -0.25) is 4.79 Å². The minimum absolute atomic E-state index is 0.0484. The van der Waals surface area contributed by atoms with E-state index >= 15 is 0 Å². The van der Waals surface area contributed by atoms with Crippen LogP contribution >= 0.6 is 15.9 Å². The topological polar surface area (TPSA) is 121 Å². The molecule has 10 nitrogen and oxygen atoms in total. The van der Waals surface area contributed by atoms with Crippen LogP contribution in [0.4, 0.5) is 9.18 Å². The maximum atomic E-state index is 14.3. The monoisotopic (exact) mass is 652 g/mol. The molecule has 1 amide bonds. The SMILES string of the molecule is CCOC(=O)CN(Cc1cc(F)ccc1Br)/C(=C(\C#N)C(=O)OC(C)(C)C)N1CCC[C@@](C)(NC(=O)OC(C)(C)C)C1. The Balaban J connectivity index is 2.68. The molecule has 1 aliphatic heterocycles. The van der Waals surface area contributed by atoms with Crippen LogP contribution < -0.4 is 5.32 Å². The van der Waals surface area contributed by atoms with Crippen molar-refractivity contribution in [2.75, 3.05) is 26.2 Å². The van der Waals surface area contributed by atoms with E-state index in [1.54, 1.807) is 59.4 Å². The summed E-state index contributed by atoms with van der Waals surface area (Å²) in [5, 5.41) is 13.2. The fourth-order valence-electron chi connectivity index (χ4n) is 4.54. The van der Waals surface area contributed by atoms with Gasteiger partial charge in [-0.15, -0.1) is 0 Å². The molecule has 1 aromatic carbocycles. The van der Waals surface area contributed by atoms with E-state index in [4.69, 9.17) is 14.2 Å². The third-order valence-corrected chi connectivity index (χ3v) is 6.80. The Bertz CT molecular complexity index is 1230. The first-order chi connectivity index (χ1) is 19.4. The minimum atomic E-state index is -0.906. The van der Waals surface area contributed by atoms with Crippen molar-refractivity contribution in [1.29, 1.82) is 5.26 Å². The number of nitrogens with one attached hydrogen (secondary N) is 1. The average Bonchev–Trinajstić information content (AvgIpc) is 2.81. The van der Waals surface area contributed by atoms with Gasteiger partial charge < -0.3 is 29.3 Å². The molecule has 232 valence electrons. The highest BCUT2D eigenvalue weighted by atomic mass is 79.9. The first-order valence-electron chi connectivity index (χ1n) is 13.8. The normalized spacial score (nSPS) is 17.9. The van der Waals surface area contributed by atoms with Crippen molar-refractivity contribution in [3.63, 3.8) is 0 Å². The summed E-state index contributed by atoms with van der Waals surface area (Å²) in [6.45, 7) is 14.2. The van der Waals surface area contributed by atoms with Gasteiger partial charge in [0.2, 0.25) is 0 Å². The molecule has 0 radical (unpaired) electrons. The molecule has 1 N–H and O–H groups in total.